The Labute approximate surface area is 298 Å². The van der Waals surface area contributed by atoms with Crippen LogP contribution in [0.3, 0.4) is 0 Å². The van der Waals surface area contributed by atoms with Gasteiger partial charge in [0.15, 0.2) is 22.7 Å². The lowest BCUT2D eigenvalue weighted by Gasteiger charge is -2.17. The van der Waals surface area contributed by atoms with E-state index in [0.29, 0.717) is 41.3 Å². The van der Waals surface area contributed by atoms with Crippen molar-refractivity contribution in [3.05, 3.63) is 89.7 Å². The Hall–Kier alpha value is -5.98. The molecule has 1 amide bonds. The standard InChI is InChI=1S/C34H35N7O6.2C2H6/c1-6-24(33(43)44-5)41-27(7-2)37-28-30(41)38-34(46-23-15-11-12-21(18-23)32(42)40(3)4)39-31(28)47-25-17-16-20(29(35)36)19-26(25)45-22-13-9-8-10-14-22;2*1-2/h8-19,24H,6-7H2,1-5H3,(H3,35,36);2*1-2H3. The summed E-state index contributed by atoms with van der Waals surface area (Å²) in [5.41, 5.74) is 7.17. The van der Waals surface area contributed by atoms with Crippen molar-refractivity contribution in [2.45, 2.75) is 60.4 Å². The van der Waals surface area contributed by atoms with Crippen molar-refractivity contribution in [3.8, 4) is 34.9 Å². The maximum Gasteiger partial charge on any atom is 0.328 e. The number of fused-ring (bicyclic) bond motifs is 1. The number of amides is 1. The summed E-state index contributed by atoms with van der Waals surface area (Å²) >= 11 is 0. The second-order valence-electron chi connectivity index (χ2n) is 10.6. The van der Waals surface area contributed by atoms with Gasteiger partial charge in [-0.05, 0) is 55.0 Å². The molecule has 5 rings (SSSR count). The van der Waals surface area contributed by atoms with Gasteiger partial charge in [-0.25, -0.2) is 9.78 Å². The van der Waals surface area contributed by atoms with Crippen LogP contribution in [0, 0.1) is 5.41 Å². The summed E-state index contributed by atoms with van der Waals surface area (Å²) in [7, 11) is 4.65. The van der Waals surface area contributed by atoms with Gasteiger partial charge in [0.2, 0.25) is 0 Å². The fourth-order valence-electron chi connectivity index (χ4n) is 4.87. The number of rotatable bonds is 12. The lowest BCUT2D eigenvalue weighted by molar-refractivity contribution is -0.144. The Morgan fingerprint density at radius 2 is 1.51 bits per heavy atom. The van der Waals surface area contributed by atoms with Gasteiger partial charge in [-0.15, -0.1) is 0 Å². The number of para-hydroxylation sites is 1. The number of carbonyl (C=O) groups is 2. The molecule has 0 aliphatic heterocycles. The number of aryl methyl sites for hydroxylation is 1. The highest BCUT2D eigenvalue weighted by atomic mass is 16.5. The first-order chi connectivity index (χ1) is 24.6. The lowest BCUT2D eigenvalue weighted by Crippen LogP contribution is -2.22. The van der Waals surface area contributed by atoms with Gasteiger partial charge in [0.05, 0.1) is 7.11 Å². The molecule has 13 heteroatoms. The molecule has 270 valence electrons. The average Bonchev–Trinajstić information content (AvgIpc) is 3.52. The summed E-state index contributed by atoms with van der Waals surface area (Å²) in [6.07, 6.45) is 0.863. The molecule has 0 fully saturated rings. The topological polar surface area (TPSA) is 168 Å². The van der Waals surface area contributed by atoms with Crippen molar-refractivity contribution in [3.63, 3.8) is 0 Å². The van der Waals surface area contributed by atoms with Crippen molar-refractivity contribution in [2.75, 3.05) is 21.2 Å². The first-order valence-corrected chi connectivity index (χ1v) is 16.9. The van der Waals surface area contributed by atoms with E-state index in [1.807, 2.05) is 59.7 Å². The first kappa shape index (κ1) is 39.5. The zero-order chi connectivity index (χ0) is 37.7. The summed E-state index contributed by atoms with van der Waals surface area (Å²) in [4.78, 5) is 41.0. The van der Waals surface area contributed by atoms with Crippen molar-refractivity contribution in [2.24, 2.45) is 5.73 Å². The molecule has 0 aliphatic rings. The minimum atomic E-state index is -0.733. The summed E-state index contributed by atoms with van der Waals surface area (Å²) in [5, 5.41) is 7.94. The Kier molecular flexibility index (Phi) is 14.5. The predicted molar refractivity (Wildman–Crippen MR) is 197 cm³/mol. The maximum atomic E-state index is 12.9. The number of benzene rings is 3. The molecule has 1 atom stereocenters. The van der Waals surface area contributed by atoms with E-state index in [9.17, 15) is 9.59 Å². The molecular weight excluding hydrogens is 650 g/mol. The fraction of sp³-hybridized carbons (Fsp3) is 0.316. The summed E-state index contributed by atoms with van der Waals surface area (Å²) in [5.74, 6) is 1.12. The van der Waals surface area contributed by atoms with Crippen LogP contribution in [-0.2, 0) is 16.0 Å². The number of nitrogen functional groups attached to an aromatic ring is 1. The number of nitrogens with two attached hydrogens (primary N) is 1. The van der Waals surface area contributed by atoms with Crippen molar-refractivity contribution < 1.29 is 28.5 Å². The number of hydrogen-bond acceptors (Lipinski definition) is 10. The van der Waals surface area contributed by atoms with Gasteiger partial charge >= 0.3 is 12.0 Å². The Morgan fingerprint density at radius 1 is 0.824 bits per heavy atom. The van der Waals surface area contributed by atoms with Crippen molar-refractivity contribution >= 4 is 28.9 Å². The SMILES string of the molecule is CC.CC.CCc1nc2c(Oc3ccc(C(=N)N)cc3Oc3ccccc3)nc(Oc3cccc(C(=O)N(C)C)c3)nc2n1C(CC)C(=O)OC. The molecular formula is C38H47N7O6. The molecule has 0 aliphatic carbocycles. The first-order valence-electron chi connectivity index (χ1n) is 16.9. The molecule has 2 heterocycles. The normalized spacial score (nSPS) is 10.8. The maximum absolute atomic E-state index is 12.9. The van der Waals surface area contributed by atoms with Crippen LogP contribution in [0.15, 0.2) is 72.8 Å². The molecule has 0 spiro atoms. The largest absolute Gasteiger partial charge is 0.467 e. The van der Waals surface area contributed by atoms with E-state index in [0.717, 1.165) is 0 Å². The Morgan fingerprint density at radius 3 is 2.12 bits per heavy atom. The molecule has 0 radical (unpaired) electrons. The third-order valence-electron chi connectivity index (χ3n) is 7.18. The van der Waals surface area contributed by atoms with Gasteiger partial charge in [-0.2, -0.15) is 9.97 Å². The number of aromatic nitrogens is 4. The second kappa shape index (κ2) is 18.7. The number of methoxy groups -OCH3 is 1. The third-order valence-corrected chi connectivity index (χ3v) is 7.18. The van der Waals surface area contributed by atoms with Crippen LogP contribution in [0.5, 0.6) is 34.9 Å². The van der Waals surface area contributed by atoms with Gasteiger partial charge in [-0.1, -0.05) is 65.8 Å². The number of esters is 1. The fourth-order valence-corrected chi connectivity index (χ4v) is 4.87. The van der Waals surface area contributed by atoms with Crippen LogP contribution in [0.2, 0.25) is 0 Å². The number of nitrogens with one attached hydrogen (secondary N) is 1. The van der Waals surface area contributed by atoms with Gasteiger partial charge in [-0.3, -0.25) is 14.8 Å². The van der Waals surface area contributed by atoms with E-state index in [-0.39, 0.29) is 46.3 Å². The predicted octanol–water partition coefficient (Wildman–Crippen LogP) is 7.93. The summed E-state index contributed by atoms with van der Waals surface area (Å²) < 4.78 is 25.5. The van der Waals surface area contributed by atoms with Crippen LogP contribution >= 0.6 is 0 Å². The van der Waals surface area contributed by atoms with Gasteiger partial charge < -0.3 is 29.6 Å². The monoisotopic (exact) mass is 697 g/mol. The van der Waals surface area contributed by atoms with Crippen LogP contribution in [0.25, 0.3) is 11.2 Å². The number of ether oxygens (including phenoxy) is 4. The molecule has 13 nitrogen and oxygen atoms in total. The Balaban J connectivity index is 0.00000169. The minimum Gasteiger partial charge on any atom is -0.467 e. The molecule has 0 saturated carbocycles. The molecule has 0 bridgehead atoms. The quantitative estimate of drug-likeness (QED) is 0.0742. The Bertz CT molecular complexity index is 1940. The second-order valence-corrected chi connectivity index (χ2v) is 10.6. The zero-order valence-electron chi connectivity index (χ0n) is 30.7. The van der Waals surface area contributed by atoms with Crippen LogP contribution < -0.4 is 19.9 Å². The molecule has 3 N–H and O–H groups in total. The summed E-state index contributed by atoms with van der Waals surface area (Å²) in [6.45, 7) is 11.8. The summed E-state index contributed by atoms with van der Waals surface area (Å²) in [6, 6.07) is 19.7. The minimum absolute atomic E-state index is 0.0205. The number of imidazole rings is 1. The molecule has 51 heavy (non-hydrogen) atoms. The van der Waals surface area contributed by atoms with E-state index in [1.165, 1.54) is 12.0 Å². The van der Waals surface area contributed by atoms with Crippen molar-refractivity contribution in [1.82, 2.24) is 24.4 Å². The number of carbonyl (C=O) groups excluding carboxylic acids is 2. The highest BCUT2D eigenvalue weighted by Crippen LogP contribution is 2.39. The van der Waals surface area contributed by atoms with Gasteiger partial charge in [0.1, 0.15) is 29.2 Å². The van der Waals surface area contributed by atoms with E-state index < -0.39 is 12.0 Å². The van der Waals surface area contributed by atoms with Crippen LogP contribution in [0.4, 0.5) is 0 Å². The molecule has 5 aromatic rings. The smallest absolute Gasteiger partial charge is 0.328 e. The molecule has 1 unspecified atom stereocenters. The number of nitrogens with zero attached hydrogens (tertiary/aromatic N) is 5. The third kappa shape index (κ3) is 9.38. The average molecular weight is 698 g/mol. The van der Waals surface area contributed by atoms with Crippen LogP contribution in [-0.4, -0.2) is 63.3 Å². The van der Waals surface area contributed by atoms with E-state index >= 15 is 0 Å². The number of hydrogen-bond donors (Lipinski definition) is 2. The van der Waals surface area contributed by atoms with E-state index in [4.69, 9.17) is 35.1 Å². The highest BCUT2D eigenvalue weighted by Gasteiger charge is 2.29. The van der Waals surface area contributed by atoms with Gasteiger partial charge in [0.25, 0.3) is 11.8 Å². The van der Waals surface area contributed by atoms with E-state index in [2.05, 4.69) is 9.97 Å². The number of amidine groups is 1. The highest BCUT2D eigenvalue weighted by molar-refractivity contribution is 5.96. The molecule has 2 aromatic heterocycles. The van der Waals surface area contributed by atoms with Crippen LogP contribution in [0.1, 0.15) is 75.8 Å². The molecule has 0 saturated heterocycles. The zero-order valence-corrected chi connectivity index (χ0v) is 30.7. The van der Waals surface area contributed by atoms with Gasteiger partial charge in [0, 0.05) is 31.6 Å². The van der Waals surface area contributed by atoms with Crippen molar-refractivity contribution in [1.29, 1.82) is 5.41 Å². The molecule has 3 aromatic carbocycles. The lowest BCUT2D eigenvalue weighted by atomic mass is 10.2. The van der Waals surface area contributed by atoms with E-state index in [1.54, 1.807) is 73.3 Å².